The van der Waals surface area contributed by atoms with Crippen molar-refractivity contribution in [3.05, 3.63) is 39.9 Å². The number of likely N-dealkylation sites (tertiary alicyclic amines) is 1. The molecule has 0 aromatic heterocycles. The van der Waals surface area contributed by atoms with E-state index in [-0.39, 0.29) is 30.3 Å². The summed E-state index contributed by atoms with van der Waals surface area (Å²) in [4.78, 5) is 27.3. The molecule has 6 rings (SSSR count). The minimum Gasteiger partial charge on any atom is -0.367 e. The molecule has 5 aliphatic rings. The lowest BCUT2D eigenvalue weighted by molar-refractivity contribution is -0.139. The van der Waals surface area contributed by atoms with Crippen LogP contribution >= 0.6 is 15.9 Å². The standard InChI is InChI=1S/C20H21BrN2O2/c1-9-5-11(6-10(2)18(9)21)22-8-23-19(24)16-12-3-4-13(15-7-14(12)15)17(16)20(23)25/h3-6,12-17,22H,7-8H2,1-2H3/t12-,13-,14-,15+,16-,17+/m0/s1. The molecule has 2 saturated carbocycles. The van der Waals surface area contributed by atoms with Crippen LogP contribution in [0.4, 0.5) is 5.69 Å². The van der Waals surface area contributed by atoms with Gasteiger partial charge in [-0.05, 0) is 67.2 Å². The van der Waals surface area contributed by atoms with Gasteiger partial charge >= 0.3 is 0 Å². The molecule has 0 radical (unpaired) electrons. The summed E-state index contributed by atoms with van der Waals surface area (Å²) >= 11 is 3.57. The molecule has 1 aliphatic heterocycles. The molecule has 0 spiro atoms. The van der Waals surface area contributed by atoms with Crippen LogP contribution in [-0.2, 0) is 9.59 Å². The number of anilines is 1. The van der Waals surface area contributed by atoms with Crippen LogP contribution in [0.3, 0.4) is 0 Å². The van der Waals surface area contributed by atoms with E-state index in [9.17, 15) is 9.59 Å². The fourth-order valence-corrected chi connectivity index (χ4v) is 5.62. The van der Waals surface area contributed by atoms with E-state index in [0.29, 0.717) is 23.7 Å². The van der Waals surface area contributed by atoms with Gasteiger partial charge in [-0.25, -0.2) is 0 Å². The number of imide groups is 1. The van der Waals surface area contributed by atoms with E-state index in [4.69, 9.17) is 0 Å². The minimum absolute atomic E-state index is 0.0257. The van der Waals surface area contributed by atoms with Crippen molar-refractivity contribution < 1.29 is 9.59 Å². The Balaban J connectivity index is 1.36. The number of nitrogens with zero attached hydrogens (tertiary/aromatic N) is 1. The fraction of sp³-hybridized carbons (Fsp3) is 0.500. The molecule has 25 heavy (non-hydrogen) atoms. The molecule has 1 heterocycles. The van der Waals surface area contributed by atoms with Gasteiger partial charge in [0.1, 0.15) is 0 Å². The van der Waals surface area contributed by atoms with Gasteiger partial charge in [0.25, 0.3) is 0 Å². The molecule has 2 bridgehead atoms. The van der Waals surface area contributed by atoms with Gasteiger partial charge in [0, 0.05) is 10.2 Å². The first-order valence-electron chi connectivity index (χ1n) is 9.01. The van der Waals surface area contributed by atoms with Gasteiger partial charge < -0.3 is 5.32 Å². The third-order valence-electron chi connectivity index (χ3n) is 6.63. The summed E-state index contributed by atoms with van der Waals surface area (Å²) in [7, 11) is 0. The fourth-order valence-electron chi connectivity index (χ4n) is 5.39. The summed E-state index contributed by atoms with van der Waals surface area (Å²) in [5, 5.41) is 3.28. The van der Waals surface area contributed by atoms with Crippen molar-refractivity contribution >= 4 is 33.4 Å². The second-order valence-corrected chi connectivity index (χ2v) is 8.81. The van der Waals surface area contributed by atoms with Crippen LogP contribution < -0.4 is 5.32 Å². The van der Waals surface area contributed by atoms with E-state index in [2.05, 4.69) is 33.4 Å². The second-order valence-electron chi connectivity index (χ2n) is 8.02. The predicted molar refractivity (Wildman–Crippen MR) is 98.7 cm³/mol. The SMILES string of the molecule is Cc1cc(NCN2C(=O)[C@@H]3[C@H]4C=C[C@@H]([C@@H]5C[C@H]45)[C@@H]3C2=O)cc(C)c1Br. The summed E-state index contributed by atoms with van der Waals surface area (Å²) in [5.74, 6) is 1.71. The third-order valence-corrected chi connectivity index (χ3v) is 7.88. The number of aryl methyl sites for hydroxylation is 2. The van der Waals surface area contributed by atoms with Crippen LogP contribution in [0.15, 0.2) is 28.8 Å². The van der Waals surface area contributed by atoms with E-state index in [0.717, 1.165) is 21.3 Å². The zero-order valence-corrected chi connectivity index (χ0v) is 15.9. The van der Waals surface area contributed by atoms with Crippen molar-refractivity contribution in [2.75, 3.05) is 12.0 Å². The van der Waals surface area contributed by atoms with Crippen molar-refractivity contribution in [3.8, 4) is 0 Å². The van der Waals surface area contributed by atoms with E-state index in [1.807, 2.05) is 26.0 Å². The molecule has 1 aromatic rings. The lowest BCUT2D eigenvalue weighted by Crippen LogP contribution is -2.40. The molecular weight excluding hydrogens is 380 g/mol. The Morgan fingerprint density at radius 2 is 1.56 bits per heavy atom. The maximum Gasteiger partial charge on any atom is 0.235 e. The first-order chi connectivity index (χ1) is 12.0. The number of rotatable bonds is 3. The maximum absolute atomic E-state index is 12.9. The Bertz CT molecular complexity index is 774. The van der Waals surface area contributed by atoms with E-state index in [1.54, 1.807) is 0 Å². The normalized spacial score (nSPS) is 37.3. The number of allylic oxidation sites excluding steroid dienone is 2. The number of carbonyl (C=O) groups excluding carboxylic acids is 2. The Kier molecular flexibility index (Phi) is 3.25. The topological polar surface area (TPSA) is 49.4 Å². The largest absolute Gasteiger partial charge is 0.367 e. The Morgan fingerprint density at radius 3 is 2.08 bits per heavy atom. The lowest BCUT2D eigenvalue weighted by Gasteiger charge is -2.37. The molecule has 4 aliphatic carbocycles. The molecule has 4 nitrogen and oxygen atoms in total. The van der Waals surface area contributed by atoms with Gasteiger partial charge in [-0.2, -0.15) is 0 Å². The van der Waals surface area contributed by atoms with Crippen molar-refractivity contribution in [2.24, 2.45) is 35.5 Å². The van der Waals surface area contributed by atoms with Crippen LogP contribution in [0.2, 0.25) is 0 Å². The van der Waals surface area contributed by atoms with Crippen LogP contribution in [0.5, 0.6) is 0 Å². The number of hydrogen-bond acceptors (Lipinski definition) is 3. The number of amides is 2. The molecule has 0 unspecified atom stereocenters. The quantitative estimate of drug-likeness (QED) is 0.623. The molecule has 6 atom stereocenters. The van der Waals surface area contributed by atoms with E-state index < -0.39 is 0 Å². The molecule has 1 N–H and O–H groups in total. The zero-order valence-electron chi connectivity index (χ0n) is 14.3. The van der Waals surface area contributed by atoms with Gasteiger partial charge in [0.15, 0.2) is 0 Å². The van der Waals surface area contributed by atoms with Gasteiger partial charge in [0.05, 0.1) is 18.5 Å². The zero-order chi connectivity index (χ0) is 17.5. The highest BCUT2D eigenvalue weighted by atomic mass is 79.9. The third kappa shape index (κ3) is 2.11. The van der Waals surface area contributed by atoms with Gasteiger partial charge in [-0.15, -0.1) is 0 Å². The monoisotopic (exact) mass is 400 g/mol. The predicted octanol–water partition coefficient (Wildman–Crippen LogP) is 3.49. The maximum atomic E-state index is 12.9. The lowest BCUT2D eigenvalue weighted by atomic mass is 9.63. The number of nitrogens with one attached hydrogen (secondary N) is 1. The van der Waals surface area contributed by atoms with Crippen LogP contribution in [0.25, 0.3) is 0 Å². The van der Waals surface area contributed by atoms with Crippen molar-refractivity contribution in [1.29, 1.82) is 0 Å². The van der Waals surface area contributed by atoms with Crippen molar-refractivity contribution in [3.63, 3.8) is 0 Å². The molecule has 1 aromatic carbocycles. The van der Waals surface area contributed by atoms with Gasteiger partial charge in [0.2, 0.25) is 11.8 Å². The highest BCUT2D eigenvalue weighted by molar-refractivity contribution is 9.10. The van der Waals surface area contributed by atoms with Gasteiger partial charge in [-0.3, -0.25) is 14.5 Å². The van der Waals surface area contributed by atoms with Gasteiger partial charge in [-0.1, -0.05) is 28.1 Å². The number of hydrogen-bond donors (Lipinski definition) is 1. The van der Waals surface area contributed by atoms with Crippen molar-refractivity contribution in [2.45, 2.75) is 20.3 Å². The highest BCUT2D eigenvalue weighted by Crippen LogP contribution is 2.65. The first-order valence-corrected chi connectivity index (χ1v) is 9.81. The molecule has 2 amide bonds. The summed E-state index contributed by atoms with van der Waals surface area (Å²) in [6, 6.07) is 4.07. The van der Waals surface area contributed by atoms with Crippen LogP contribution in [0.1, 0.15) is 17.5 Å². The number of carbonyl (C=O) groups is 2. The number of halogens is 1. The van der Waals surface area contributed by atoms with Crippen molar-refractivity contribution in [1.82, 2.24) is 4.90 Å². The smallest absolute Gasteiger partial charge is 0.235 e. The molecule has 3 fully saturated rings. The molecular formula is C20H21BrN2O2. The summed E-state index contributed by atoms with van der Waals surface area (Å²) in [6.07, 6.45) is 5.62. The Morgan fingerprint density at radius 1 is 1.04 bits per heavy atom. The average Bonchev–Trinajstić information content (AvgIpc) is 3.37. The highest BCUT2D eigenvalue weighted by Gasteiger charge is 2.66. The molecule has 1 saturated heterocycles. The molecule has 130 valence electrons. The van der Waals surface area contributed by atoms with Crippen LogP contribution in [-0.4, -0.2) is 23.4 Å². The Labute approximate surface area is 155 Å². The molecule has 5 heteroatoms. The Hall–Kier alpha value is -1.62. The second kappa shape index (κ2) is 5.19. The summed E-state index contributed by atoms with van der Waals surface area (Å²) in [6.45, 7) is 4.34. The van der Waals surface area contributed by atoms with E-state index >= 15 is 0 Å². The summed E-state index contributed by atoms with van der Waals surface area (Å²) < 4.78 is 1.10. The number of benzene rings is 1. The van der Waals surface area contributed by atoms with Crippen LogP contribution in [0, 0.1) is 49.4 Å². The average molecular weight is 401 g/mol. The summed E-state index contributed by atoms with van der Waals surface area (Å²) in [5.41, 5.74) is 3.22. The first kappa shape index (κ1) is 15.6. The van der Waals surface area contributed by atoms with E-state index in [1.165, 1.54) is 11.3 Å². The minimum atomic E-state index is -0.110.